The summed E-state index contributed by atoms with van der Waals surface area (Å²) in [5.41, 5.74) is -1.00. The molecule has 2 N–H and O–H groups in total. The van der Waals surface area contributed by atoms with Gasteiger partial charge in [0.25, 0.3) is 11.5 Å². The van der Waals surface area contributed by atoms with Crippen LogP contribution in [0.5, 0.6) is 0 Å². The smallest absolute Gasteiger partial charge is 0.328 e. The largest absolute Gasteiger partial charge is 0.389 e. The number of nitrogens with zero attached hydrogens (tertiary/aromatic N) is 2. The van der Waals surface area contributed by atoms with Crippen LogP contribution >= 0.6 is 0 Å². The Kier molecular flexibility index (Phi) is 4.26. The van der Waals surface area contributed by atoms with E-state index in [4.69, 9.17) is 0 Å². The first kappa shape index (κ1) is 17.7. The molecule has 3 heterocycles. The number of amides is 1. The lowest BCUT2D eigenvalue weighted by molar-refractivity contribution is -0.0427. The molecule has 2 bridgehead atoms. The number of H-pyrrole nitrogens is 1. The molecule has 2 aliphatic rings. The third kappa shape index (κ3) is 3.23. The molecule has 0 radical (unpaired) electrons. The molecule has 0 aliphatic carbocycles. The lowest BCUT2D eigenvalue weighted by Crippen LogP contribution is -2.55. The minimum absolute atomic E-state index is 0.0255. The van der Waals surface area contributed by atoms with E-state index in [-0.39, 0.29) is 23.6 Å². The average molecular weight is 369 g/mol. The molecular formula is C20H23N3O4. The molecule has 7 heteroatoms. The van der Waals surface area contributed by atoms with Gasteiger partial charge in [-0.25, -0.2) is 4.79 Å². The Hall–Kier alpha value is -2.67. The third-order valence-electron chi connectivity index (χ3n) is 5.80. The Morgan fingerprint density at radius 3 is 2.44 bits per heavy atom. The number of aryl methyl sites for hydroxylation is 1. The van der Waals surface area contributed by atoms with Crippen LogP contribution < -0.4 is 11.2 Å². The number of carbonyl (C=O) groups is 1. The maximum absolute atomic E-state index is 13.0. The van der Waals surface area contributed by atoms with Crippen molar-refractivity contribution in [3.05, 3.63) is 68.5 Å². The van der Waals surface area contributed by atoms with Crippen molar-refractivity contribution in [3.63, 3.8) is 0 Å². The van der Waals surface area contributed by atoms with Crippen molar-refractivity contribution in [2.75, 3.05) is 0 Å². The number of aromatic amines is 1. The number of aliphatic hydroxyl groups is 1. The number of hydrogen-bond donors (Lipinski definition) is 2. The Balaban J connectivity index is 1.58. The molecule has 2 atom stereocenters. The van der Waals surface area contributed by atoms with Crippen LogP contribution in [0, 0.1) is 0 Å². The zero-order valence-electron chi connectivity index (χ0n) is 15.2. The number of benzene rings is 1. The lowest BCUT2D eigenvalue weighted by atomic mass is 9.81. The highest BCUT2D eigenvalue weighted by Gasteiger charge is 2.49. The fourth-order valence-electron chi connectivity index (χ4n) is 4.63. The van der Waals surface area contributed by atoms with Crippen LogP contribution in [0.1, 0.15) is 41.6 Å². The summed E-state index contributed by atoms with van der Waals surface area (Å²) in [6, 6.07) is 9.67. The third-order valence-corrected chi connectivity index (χ3v) is 5.80. The summed E-state index contributed by atoms with van der Waals surface area (Å²) in [6.45, 7) is 0. The van der Waals surface area contributed by atoms with E-state index in [9.17, 15) is 19.5 Å². The number of rotatable bonds is 3. The molecular weight excluding hydrogens is 346 g/mol. The predicted octanol–water partition coefficient (Wildman–Crippen LogP) is 0.814. The van der Waals surface area contributed by atoms with Crippen molar-refractivity contribution in [3.8, 4) is 0 Å². The number of fused-ring (bicyclic) bond motifs is 2. The second kappa shape index (κ2) is 6.49. The van der Waals surface area contributed by atoms with E-state index in [2.05, 4.69) is 4.98 Å². The summed E-state index contributed by atoms with van der Waals surface area (Å²) in [5, 5.41) is 11.2. The van der Waals surface area contributed by atoms with Crippen LogP contribution in [0.4, 0.5) is 0 Å². The van der Waals surface area contributed by atoms with Gasteiger partial charge in [-0.1, -0.05) is 30.3 Å². The molecule has 7 nitrogen and oxygen atoms in total. The fourth-order valence-corrected chi connectivity index (χ4v) is 4.63. The summed E-state index contributed by atoms with van der Waals surface area (Å²) in [7, 11) is 1.50. The summed E-state index contributed by atoms with van der Waals surface area (Å²) in [5.74, 6) is -0.360. The maximum Gasteiger partial charge on any atom is 0.328 e. The number of carbonyl (C=O) groups excluding carboxylic acids is 1. The van der Waals surface area contributed by atoms with Crippen LogP contribution in [0.3, 0.4) is 0 Å². The predicted molar refractivity (Wildman–Crippen MR) is 99.6 cm³/mol. The summed E-state index contributed by atoms with van der Waals surface area (Å²) >= 11 is 0. The van der Waals surface area contributed by atoms with Crippen molar-refractivity contribution in [2.24, 2.45) is 7.05 Å². The van der Waals surface area contributed by atoms with E-state index >= 15 is 0 Å². The molecule has 0 spiro atoms. The molecule has 0 saturated carbocycles. The van der Waals surface area contributed by atoms with Gasteiger partial charge in [0.1, 0.15) is 5.56 Å². The van der Waals surface area contributed by atoms with Crippen LogP contribution in [0.25, 0.3) is 0 Å². The summed E-state index contributed by atoms with van der Waals surface area (Å²) in [6.07, 6.45) is 4.48. The van der Waals surface area contributed by atoms with Crippen molar-refractivity contribution >= 4 is 5.91 Å². The van der Waals surface area contributed by atoms with E-state index in [1.54, 1.807) is 4.90 Å². The van der Waals surface area contributed by atoms with E-state index in [1.807, 2.05) is 30.3 Å². The van der Waals surface area contributed by atoms with E-state index in [0.717, 1.165) is 18.4 Å². The molecule has 142 valence electrons. The Labute approximate surface area is 156 Å². The van der Waals surface area contributed by atoms with Gasteiger partial charge in [-0.15, -0.1) is 0 Å². The minimum Gasteiger partial charge on any atom is -0.389 e. The Bertz CT molecular complexity index is 965. The van der Waals surface area contributed by atoms with Gasteiger partial charge in [-0.05, 0) is 31.2 Å². The summed E-state index contributed by atoms with van der Waals surface area (Å²) in [4.78, 5) is 40.6. The number of nitrogens with one attached hydrogen (secondary N) is 1. The van der Waals surface area contributed by atoms with Crippen molar-refractivity contribution < 1.29 is 9.90 Å². The van der Waals surface area contributed by atoms with E-state index in [0.29, 0.717) is 19.3 Å². The molecule has 1 amide bonds. The molecule has 2 fully saturated rings. The van der Waals surface area contributed by atoms with Gasteiger partial charge in [0.15, 0.2) is 0 Å². The second-order valence-electron chi connectivity index (χ2n) is 7.81. The highest BCUT2D eigenvalue weighted by atomic mass is 16.3. The average Bonchev–Trinajstić information content (AvgIpc) is 2.91. The first-order chi connectivity index (χ1) is 12.9. The van der Waals surface area contributed by atoms with Gasteiger partial charge in [0, 0.05) is 31.7 Å². The minimum atomic E-state index is -0.847. The molecule has 2 aromatic rings. The first-order valence-electron chi connectivity index (χ1n) is 9.25. The SMILES string of the molecule is Cn1cc(C(=O)N2C3CCC2CC(O)(Cc2ccccc2)C3)c(=O)[nH]c1=O. The van der Waals surface area contributed by atoms with Crippen LogP contribution in [0.2, 0.25) is 0 Å². The number of hydrogen-bond acceptors (Lipinski definition) is 4. The van der Waals surface area contributed by atoms with E-state index < -0.39 is 16.9 Å². The molecule has 1 aromatic carbocycles. The highest BCUT2D eigenvalue weighted by molar-refractivity contribution is 5.94. The Morgan fingerprint density at radius 2 is 1.81 bits per heavy atom. The van der Waals surface area contributed by atoms with Crippen molar-refractivity contribution in [1.82, 2.24) is 14.5 Å². The quantitative estimate of drug-likeness (QED) is 0.837. The van der Waals surface area contributed by atoms with Crippen LogP contribution in [-0.4, -0.2) is 43.1 Å². The topological polar surface area (TPSA) is 95.4 Å². The first-order valence-corrected chi connectivity index (χ1v) is 9.25. The van der Waals surface area contributed by atoms with Crippen molar-refractivity contribution in [1.29, 1.82) is 0 Å². The molecule has 1 aromatic heterocycles. The van der Waals surface area contributed by atoms with Gasteiger partial charge in [0.2, 0.25) is 0 Å². The van der Waals surface area contributed by atoms with Gasteiger partial charge in [0.05, 0.1) is 5.60 Å². The molecule has 2 saturated heterocycles. The highest BCUT2D eigenvalue weighted by Crippen LogP contribution is 2.42. The van der Waals surface area contributed by atoms with Gasteiger partial charge >= 0.3 is 5.69 Å². The molecule has 2 aliphatic heterocycles. The van der Waals surface area contributed by atoms with Gasteiger partial charge in [-0.2, -0.15) is 0 Å². The zero-order chi connectivity index (χ0) is 19.2. The zero-order valence-corrected chi connectivity index (χ0v) is 15.2. The fraction of sp³-hybridized carbons (Fsp3) is 0.450. The maximum atomic E-state index is 13.0. The van der Waals surface area contributed by atoms with Gasteiger partial charge < -0.3 is 14.6 Å². The standard InChI is InChI=1S/C20H23N3O4/c1-22-12-16(17(24)21-19(22)26)18(25)23-14-7-8-15(23)11-20(27,10-14)9-13-5-3-2-4-6-13/h2-6,12,14-15,27H,7-11H2,1H3,(H,21,24,26). The monoisotopic (exact) mass is 369 g/mol. The number of piperidine rings is 1. The normalized spacial score (nSPS) is 27.0. The van der Waals surface area contributed by atoms with Crippen LogP contribution in [-0.2, 0) is 13.5 Å². The lowest BCUT2D eigenvalue weighted by Gasteiger charge is -2.44. The number of aromatic nitrogens is 2. The second-order valence-corrected chi connectivity index (χ2v) is 7.81. The van der Waals surface area contributed by atoms with Crippen LogP contribution in [0.15, 0.2) is 46.1 Å². The van der Waals surface area contributed by atoms with E-state index in [1.165, 1.54) is 17.8 Å². The summed E-state index contributed by atoms with van der Waals surface area (Å²) < 4.78 is 1.20. The van der Waals surface area contributed by atoms with Gasteiger partial charge in [-0.3, -0.25) is 14.6 Å². The van der Waals surface area contributed by atoms with Crippen molar-refractivity contribution in [2.45, 2.75) is 49.8 Å². The Morgan fingerprint density at radius 1 is 1.19 bits per heavy atom. The molecule has 27 heavy (non-hydrogen) atoms. The molecule has 2 unspecified atom stereocenters. The molecule has 4 rings (SSSR count).